The Labute approximate surface area is 221 Å². The molecule has 0 bridgehead atoms. The number of benzene rings is 2. The molecule has 5 nitrogen and oxygen atoms in total. The average Bonchev–Trinajstić information content (AvgIpc) is 3.66. The summed E-state index contributed by atoms with van der Waals surface area (Å²) in [6, 6.07) is 16.9. The smallest absolute Gasteiger partial charge is 0.133 e. The molecule has 1 aliphatic carbocycles. The summed E-state index contributed by atoms with van der Waals surface area (Å²) < 4.78 is 14.8. The van der Waals surface area contributed by atoms with E-state index in [0.29, 0.717) is 0 Å². The van der Waals surface area contributed by atoms with Crippen molar-refractivity contribution in [3.63, 3.8) is 0 Å². The van der Waals surface area contributed by atoms with Crippen LogP contribution in [0, 0.1) is 0 Å². The monoisotopic (exact) mass is 521 g/mol. The number of imidazole rings is 1. The highest BCUT2D eigenvalue weighted by atomic mass is 35.5. The minimum absolute atomic E-state index is 0.138. The van der Waals surface area contributed by atoms with Crippen molar-refractivity contribution >= 4 is 34.0 Å². The van der Waals surface area contributed by atoms with E-state index in [9.17, 15) is 0 Å². The lowest BCUT2D eigenvalue weighted by atomic mass is 10.0. The molecule has 1 saturated carbocycles. The minimum Gasteiger partial charge on any atom is -0.490 e. The van der Waals surface area contributed by atoms with Crippen LogP contribution >= 0.6 is 22.9 Å². The SMILES string of the molecule is C[C@@H](Oc1csc(-n2cnc3ccc(OC4CCN(C5CCCC5)CC4)cc32)c1)c1ccccc1Cl. The van der Waals surface area contributed by atoms with Crippen LogP contribution in [0.25, 0.3) is 16.0 Å². The third-order valence-electron chi connectivity index (χ3n) is 7.59. The molecule has 2 aromatic carbocycles. The van der Waals surface area contributed by atoms with Gasteiger partial charge in [-0.15, -0.1) is 11.3 Å². The van der Waals surface area contributed by atoms with Gasteiger partial charge in [-0.3, -0.25) is 4.57 Å². The van der Waals surface area contributed by atoms with Crippen molar-refractivity contribution in [3.05, 3.63) is 70.8 Å². The van der Waals surface area contributed by atoms with Gasteiger partial charge in [0.2, 0.25) is 0 Å². The van der Waals surface area contributed by atoms with E-state index < -0.39 is 0 Å². The number of hydrogen-bond donors (Lipinski definition) is 0. The van der Waals surface area contributed by atoms with E-state index >= 15 is 0 Å². The van der Waals surface area contributed by atoms with E-state index in [1.807, 2.05) is 42.9 Å². The number of aromatic nitrogens is 2. The molecular formula is C29H32ClN3O2S. The molecule has 36 heavy (non-hydrogen) atoms. The Balaban J connectivity index is 1.14. The number of hydrogen-bond acceptors (Lipinski definition) is 5. The van der Waals surface area contributed by atoms with E-state index in [4.69, 9.17) is 21.1 Å². The zero-order chi connectivity index (χ0) is 24.5. The number of halogens is 1. The number of piperidine rings is 1. The first kappa shape index (κ1) is 23.8. The predicted octanol–water partition coefficient (Wildman–Crippen LogP) is 7.67. The summed E-state index contributed by atoms with van der Waals surface area (Å²) in [4.78, 5) is 7.30. The molecule has 0 unspecified atom stereocenters. The van der Waals surface area contributed by atoms with Gasteiger partial charge in [-0.05, 0) is 50.8 Å². The molecule has 2 aromatic heterocycles. The summed E-state index contributed by atoms with van der Waals surface area (Å²) in [5.41, 5.74) is 2.98. The van der Waals surface area contributed by atoms with Gasteiger partial charge >= 0.3 is 0 Å². The van der Waals surface area contributed by atoms with Crippen molar-refractivity contribution in [3.8, 4) is 16.5 Å². The molecule has 188 valence electrons. The maximum atomic E-state index is 6.45. The van der Waals surface area contributed by atoms with Crippen LogP contribution in [0.4, 0.5) is 0 Å². The third kappa shape index (κ3) is 4.99. The van der Waals surface area contributed by atoms with Gasteiger partial charge in [0, 0.05) is 47.2 Å². The van der Waals surface area contributed by atoms with Crippen LogP contribution in [-0.4, -0.2) is 39.7 Å². The van der Waals surface area contributed by atoms with Crippen molar-refractivity contribution < 1.29 is 9.47 Å². The molecule has 0 radical (unpaired) electrons. The molecule has 4 aromatic rings. The number of nitrogens with zero attached hydrogens (tertiary/aromatic N) is 3. The molecule has 7 heteroatoms. The number of fused-ring (bicyclic) bond motifs is 1. The molecule has 6 rings (SSSR count). The van der Waals surface area contributed by atoms with Gasteiger partial charge in [0.05, 0.1) is 11.0 Å². The second-order valence-corrected chi connectivity index (χ2v) is 11.3. The second kappa shape index (κ2) is 10.4. The molecule has 3 heterocycles. The minimum atomic E-state index is -0.138. The lowest BCUT2D eigenvalue weighted by Gasteiger charge is -2.36. The number of rotatable bonds is 7. The molecule has 2 aliphatic rings. The molecule has 0 amide bonds. The topological polar surface area (TPSA) is 39.5 Å². The number of likely N-dealkylation sites (tertiary alicyclic amines) is 1. The summed E-state index contributed by atoms with van der Waals surface area (Å²) >= 11 is 7.99. The Morgan fingerprint density at radius 3 is 2.61 bits per heavy atom. The first-order valence-corrected chi connectivity index (χ1v) is 14.3. The zero-order valence-electron chi connectivity index (χ0n) is 20.6. The Morgan fingerprint density at radius 2 is 1.81 bits per heavy atom. The Kier molecular flexibility index (Phi) is 6.92. The molecule has 0 spiro atoms. The van der Waals surface area contributed by atoms with E-state index in [1.165, 1.54) is 25.7 Å². The van der Waals surface area contributed by atoms with Gasteiger partial charge < -0.3 is 14.4 Å². The van der Waals surface area contributed by atoms with Gasteiger partial charge in [0.1, 0.15) is 35.0 Å². The maximum absolute atomic E-state index is 6.45. The Hall–Kier alpha value is -2.54. The molecule has 1 atom stereocenters. The second-order valence-electron chi connectivity index (χ2n) is 9.96. The summed E-state index contributed by atoms with van der Waals surface area (Å²) in [5.74, 6) is 1.75. The first-order valence-electron chi connectivity index (χ1n) is 13.0. The molecule has 1 aliphatic heterocycles. The first-order chi connectivity index (χ1) is 17.6. The van der Waals surface area contributed by atoms with Crippen LogP contribution < -0.4 is 9.47 Å². The Bertz CT molecular complexity index is 1320. The lowest BCUT2D eigenvalue weighted by Crippen LogP contribution is -2.43. The summed E-state index contributed by atoms with van der Waals surface area (Å²) in [7, 11) is 0. The average molecular weight is 522 g/mol. The van der Waals surface area contributed by atoms with Gasteiger partial charge in [0.25, 0.3) is 0 Å². The Morgan fingerprint density at radius 1 is 1.00 bits per heavy atom. The summed E-state index contributed by atoms with van der Waals surface area (Å²) in [5, 5.41) is 3.81. The summed E-state index contributed by atoms with van der Waals surface area (Å²) in [6.45, 7) is 4.33. The maximum Gasteiger partial charge on any atom is 0.133 e. The number of thiophene rings is 1. The molecular weight excluding hydrogens is 490 g/mol. The number of ether oxygens (including phenoxy) is 2. The van der Waals surface area contributed by atoms with Crippen LogP contribution in [0.5, 0.6) is 11.5 Å². The fourth-order valence-electron chi connectivity index (χ4n) is 5.63. The third-order valence-corrected chi connectivity index (χ3v) is 8.84. The molecule has 2 fully saturated rings. The van der Waals surface area contributed by atoms with E-state index in [1.54, 1.807) is 11.3 Å². The highest BCUT2D eigenvalue weighted by Gasteiger charge is 2.28. The normalized spacial score (nSPS) is 18.6. The fourth-order valence-corrected chi connectivity index (χ4v) is 6.72. The van der Waals surface area contributed by atoms with E-state index in [-0.39, 0.29) is 12.2 Å². The summed E-state index contributed by atoms with van der Waals surface area (Å²) in [6.07, 6.45) is 9.76. The highest BCUT2D eigenvalue weighted by molar-refractivity contribution is 7.12. The largest absolute Gasteiger partial charge is 0.490 e. The lowest BCUT2D eigenvalue weighted by molar-refractivity contribution is 0.0769. The molecule has 0 N–H and O–H groups in total. The fraction of sp³-hybridized carbons (Fsp3) is 0.414. The standard InChI is InChI=1S/C29H32ClN3O2S/c1-20(25-8-4-5-9-26(25)30)34-24-17-29(36-18-24)33-19-31-27-11-10-23(16-28(27)33)35-22-12-14-32(15-13-22)21-6-2-3-7-21/h4-5,8-11,16-22H,2-3,6-7,12-15H2,1H3/t20-/m1/s1. The van der Waals surface area contributed by atoms with Crippen molar-refractivity contribution in [2.45, 2.75) is 63.7 Å². The van der Waals surface area contributed by atoms with Crippen LogP contribution in [0.1, 0.15) is 57.1 Å². The van der Waals surface area contributed by atoms with Gasteiger partial charge in [-0.25, -0.2) is 4.98 Å². The van der Waals surface area contributed by atoms with Crippen molar-refractivity contribution in [2.24, 2.45) is 0 Å². The predicted molar refractivity (Wildman–Crippen MR) is 147 cm³/mol. The van der Waals surface area contributed by atoms with Crippen molar-refractivity contribution in [1.82, 2.24) is 14.5 Å². The molecule has 1 saturated heterocycles. The van der Waals surface area contributed by atoms with Crippen LogP contribution in [0.15, 0.2) is 60.2 Å². The zero-order valence-corrected chi connectivity index (χ0v) is 22.2. The van der Waals surface area contributed by atoms with Gasteiger partial charge in [0.15, 0.2) is 0 Å². The van der Waals surface area contributed by atoms with Gasteiger partial charge in [-0.1, -0.05) is 42.6 Å². The van der Waals surface area contributed by atoms with E-state index in [2.05, 4.69) is 38.7 Å². The van der Waals surface area contributed by atoms with E-state index in [0.717, 1.165) is 70.1 Å². The van der Waals surface area contributed by atoms with Crippen molar-refractivity contribution in [1.29, 1.82) is 0 Å². The quantitative estimate of drug-likeness (QED) is 0.250. The van der Waals surface area contributed by atoms with Gasteiger partial charge in [-0.2, -0.15) is 0 Å². The van der Waals surface area contributed by atoms with Crippen LogP contribution in [0.3, 0.4) is 0 Å². The van der Waals surface area contributed by atoms with Crippen LogP contribution in [0.2, 0.25) is 5.02 Å². The highest BCUT2D eigenvalue weighted by Crippen LogP contribution is 2.34. The van der Waals surface area contributed by atoms with Crippen molar-refractivity contribution in [2.75, 3.05) is 13.1 Å². The van der Waals surface area contributed by atoms with Crippen LogP contribution in [-0.2, 0) is 0 Å².